The van der Waals surface area contributed by atoms with Gasteiger partial charge in [0, 0.05) is 0 Å². The first kappa shape index (κ1) is 23.6. The largest absolute Gasteiger partial charge is 0.416 e. The van der Waals surface area contributed by atoms with Crippen LogP contribution < -0.4 is 9.62 Å². The maximum atomic E-state index is 14.4. The van der Waals surface area contributed by atoms with E-state index in [0.29, 0.717) is 10.4 Å². The van der Waals surface area contributed by atoms with Gasteiger partial charge in [-0.1, -0.05) is 41.9 Å². The molecule has 0 saturated carbocycles. The molecule has 32 heavy (non-hydrogen) atoms. The van der Waals surface area contributed by atoms with Gasteiger partial charge in [0.25, 0.3) is 10.0 Å². The third-order valence-corrected chi connectivity index (χ3v) is 6.41. The highest BCUT2D eigenvalue weighted by Crippen LogP contribution is 2.34. The second-order valence-electron chi connectivity index (χ2n) is 6.52. The number of hydrogen-bond donors (Lipinski definition) is 1. The fraction of sp³-hybridized carbons (Fsp3) is 0.0952. The number of sulfonamides is 1. The van der Waals surface area contributed by atoms with E-state index in [1.165, 1.54) is 42.5 Å². The van der Waals surface area contributed by atoms with Crippen molar-refractivity contribution in [1.82, 2.24) is 0 Å². The van der Waals surface area contributed by atoms with Gasteiger partial charge < -0.3 is 5.32 Å². The van der Waals surface area contributed by atoms with Crippen molar-refractivity contribution in [2.75, 3.05) is 16.2 Å². The standard InChI is InChI=1S/C21H15ClF4N2O3S/c22-16-11-10-14(21(24,25)26)12-18(16)27-20(29)13-28(19-9-5-4-8-17(19)23)32(30,31)15-6-2-1-3-7-15/h1-12H,13H2,(H,27,29). The van der Waals surface area contributed by atoms with Crippen LogP contribution in [0, 0.1) is 5.82 Å². The van der Waals surface area contributed by atoms with Crippen molar-refractivity contribution in [3.8, 4) is 0 Å². The summed E-state index contributed by atoms with van der Waals surface area (Å²) < 4.78 is 80.1. The highest BCUT2D eigenvalue weighted by Gasteiger charge is 2.32. The lowest BCUT2D eigenvalue weighted by molar-refractivity contribution is -0.137. The van der Waals surface area contributed by atoms with Gasteiger partial charge in [-0.15, -0.1) is 0 Å². The van der Waals surface area contributed by atoms with Crippen LogP contribution in [0.15, 0.2) is 77.7 Å². The lowest BCUT2D eigenvalue weighted by Gasteiger charge is -2.24. The van der Waals surface area contributed by atoms with E-state index in [0.717, 1.165) is 18.2 Å². The zero-order valence-corrected chi connectivity index (χ0v) is 17.7. The highest BCUT2D eigenvalue weighted by atomic mass is 35.5. The molecule has 0 fully saturated rings. The number of anilines is 2. The minimum Gasteiger partial charge on any atom is -0.323 e. The van der Waals surface area contributed by atoms with Gasteiger partial charge in [0.1, 0.15) is 12.4 Å². The second kappa shape index (κ2) is 9.17. The Morgan fingerprint density at radius 3 is 2.22 bits per heavy atom. The van der Waals surface area contributed by atoms with Crippen LogP contribution in [0.5, 0.6) is 0 Å². The van der Waals surface area contributed by atoms with Gasteiger partial charge in [0.05, 0.1) is 26.9 Å². The number of nitrogens with one attached hydrogen (secondary N) is 1. The number of carbonyl (C=O) groups is 1. The Balaban J connectivity index is 1.96. The Morgan fingerprint density at radius 2 is 1.59 bits per heavy atom. The molecule has 3 rings (SSSR count). The Labute approximate surface area is 186 Å². The van der Waals surface area contributed by atoms with Gasteiger partial charge in [-0.25, -0.2) is 12.8 Å². The molecule has 3 aromatic rings. The van der Waals surface area contributed by atoms with Crippen molar-refractivity contribution in [2.24, 2.45) is 0 Å². The van der Waals surface area contributed by atoms with E-state index in [9.17, 15) is 30.8 Å². The van der Waals surface area contributed by atoms with Crippen LogP contribution in [0.25, 0.3) is 0 Å². The molecular weight excluding hydrogens is 472 g/mol. The summed E-state index contributed by atoms with van der Waals surface area (Å²) in [5.74, 6) is -1.93. The van der Waals surface area contributed by atoms with Crippen molar-refractivity contribution in [1.29, 1.82) is 0 Å². The lowest BCUT2D eigenvalue weighted by Crippen LogP contribution is -2.38. The van der Waals surface area contributed by atoms with E-state index in [4.69, 9.17) is 11.6 Å². The molecule has 0 bridgehead atoms. The van der Waals surface area contributed by atoms with Crippen LogP contribution in [0.1, 0.15) is 5.56 Å². The summed E-state index contributed by atoms with van der Waals surface area (Å²) in [6.07, 6.45) is -4.68. The number of benzene rings is 3. The van der Waals surface area contributed by atoms with Crippen molar-refractivity contribution in [3.05, 3.63) is 89.2 Å². The molecule has 0 aromatic heterocycles. The van der Waals surface area contributed by atoms with E-state index in [1.54, 1.807) is 6.07 Å². The number of carbonyl (C=O) groups excluding carboxylic acids is 1. The van der Waals surface area contributed by atoms with Gasteiger partial charge in [-0.2, -0.15) is 13.2 Å². The smallest absolute Gasteiger partial charge is 0.323 e. The summed E-state index contributed by atoms with van der Waals surface area (Å²) in [4.78, 5) is 12.4. The number of rotatable bonds is 6. The van der Waals surface area contributed by atoms with Gasteiger partial charge in [0.15, 0.2) is 0 Å². The minimum atomic E-state index is -4.68. The third-order valence-electron chi connectivity index (χ3n) is 4.31. The van der Waals surface area contributed by atoms with Crippen LogP contribution in [-0.2, 0) is 21.0 Å². The summed E-state index contributed by atoms with van der Waals surface area (Å²) in [6.45, 7) is -0.912. The van der Waals surface area contributed by atoms with Gasteiger partial charge in [0.2, 0.25) is 5.91 Å². The maximum Gasteiger partial charge on any atom is 0.416 e. The average molecular weight is 487 g/mol. The second-order valence-corrected chi connectivity index (χ2v) is 8.79. The third kappa shape index (κ3) is 5.20. The van der Waals surface area contributed by atoms with Crippen LogP contribution in [-0.4, -0.2) is 20.9 Å². The first-order valence-corrected chi connectivity index (χ1v) is 10.8. The molecule has 0 heterocycles. The van der Waals surface area contributed by atoms with Crippen molar-refractivity contribution < 1.29 is 30.8 Å². The molecule has 0 aliphatic heterocycles. The molecule has 5 nitrogen and oxygen atoms in total. The molecule has 0 saturated heterocycles. The van der Waals surface area contributed by atoms with Crippen LogP contribution in [0.4, 0.5) is 28.9 Å². The Hall–Kier alpha value is -3.11. The molecule has 168 valence electrons. The van der Waals surface area contributed by atoms with E-state index >= 15 is 0 Å². The van der Waals surface area contributed by atoms with E-state index < -0.39 is 45.7 Å². The normalized spacial score (nSPS) is 11.8. The first-order valence-electron chi connectivity index (χ1n) is 8.99. The molecule has 0 aliphatic carbocycles. The molecule has 0 atom stereocenters. The topological polar surface area (TPSA) is 66.5 Å². The molecule has 11 heteroatoms. The zero-order valence-electron chi connectivity index (χ0n) is 16.1. The predicted octanol–water partition coefficient (Wildman–Crippen LogP) is 5.33. The molecule has 0 spiro atoms. The molecule has 0 aliphatic rings. The van der Waals surface area contributed by atoms with Crippen LogP contribution in [0.2, 0.25) is 5.02 Å². The number of amides is 1. The van der Waals surface area contributed by atoms with Crippen LogP contribution >= 0.6 is 11.6 Å². The Morgan fingerprint density at radius 1 is 0.969 bits per heavy atom. The summed E-state index contributed by atoms with van der Waals surface area (Å²) in [5, 5.41) is 1.98. The molecule has 0 radical (unpaired) electrons. The number of hydrogen-bond acceptors (Lipinski definition) is 3. The Kier molecular flexibility index (Phi) is 6.75. The average Bonchev–Trinajstić information content (AvgIpc) is 2.74. The number of alkyl halides is 3. The highest BCUT2D eigenvalue weighted by molar-refractivity contribution is 7.92. The maximum absolute atomic E-state index is 14.4. The summed E-state index contributed by atoms with van der Waals surface area (Å²) in [5.41, 5.74) is -1.82. The van der Waals surface area contributed by atoms with E-state index in [1.807, 2.05) is 0 Å². The lowest BCUT2D eigenvalue weighted by atomic mass is 10.2. The summed E-state index contributed by atoms with van der Waals surface area (Å²) >= 11 is 5.88. The quantitative estimate of drug-likeness (QED) is 0.479. The molecule has 0 unspecified atom stereocenters. The number of para-hydroxylation sites is 1. The van der Waals surface area contributed by atoms with Gasteiger partial charge in [-0.05, 0) is 42.5 Å². The minimum absolute atomic E-state index is 0.185. The van der Waals surface area contributed by atoms with Crippen molar-refractivity contribution in [2.45, 2.75) is 11.1 Å². The fourth-order valence-electron chi connectivity index (χ4n) is 2.79. The first-order chi connectivity index (χ1) is 15.0. The molecule has 1 amide bonds. The van der Waals surface area contributed by atoms with Crippen LogP contribution in [0.3, 0.4) is 0 Å². The molecular formula is C21H15ClF4N2O3S. The molecule has 3 aromatic carbocycles. The monoisotopic (exact) mass is 486 g/mol. The van der Waals surface area contributed by atoms with Crippen molar-refractivity contribution >= 4 is 38.9 Å². The van der Waals surface area contributed by atoms with E-state index in [-0.39, 0.29) is 15.6 Å². The number of nitrogens with zero attached hydrogens (tertiary/aromatic N) is 1. The summed E-state index contributed by atoms with van der Waals surface area (Å²) in [6, 6.07) is 14.2. The van der Waals surface area contributed by atoms with Gasteiger partial charge >= 0.3 is 6.18 Å². The molecule has 1 N–H and O–H groups in total. The zero-order chi connectivity index (χ0) is 23.5. The predicted molar refractivity (Wildman–Crippen MR) is 112 cm³/mol. The fourth-order valence-corrected chi connectivity index (χ4v) is 4.41. The number of halogens is 5. The Bertz CT molecular complexity index is 1240. The SMILES string of the molecule is O=C(CN(c1ccccc1F)S(=O)(=O)c1ccccc1)Nc1cc(C(F)(F)F)ccc1Cl. The summed E-state index contributed by atoms with van der Waals surface area (Å²) in [7, 11) is -4.39. The van der Waals surface area contributed by atoms with Gasteiger partial charge in [-0.3, -0.25) is 9.10 Å². The van der Waals surface area contributed by atoms with E-state index in [2.05, 4.69) is 5.32 Å². The van der Waals surface area contributed by atoms with Crippen molar-refractivity contribution in [3.63, 3.8) is 0 Å².